The van der Waals surface area contributed by atoms with Gasteiger partial charge in [-0.05, 0) is 59.3 Å². The fraction of sp³-hybridized carbons (Fsp3) is 0.708. The second kappa shape index (κ2) is 16.3. The number of anilines is 1. The van der Waals surface area contributed by atoms with Crippen molar-refractivity contribution in [2.45, 2.75) is 78.4 Å². The van der Waals surface area contributed by atoms with Crippen LogP contribution in [0.2, 0.25) is 0 Å². The Morgan fingerprint density at radius 1 is 1.09 bits per heavy atom. The SMILES string of the molecule is C=CNCCN(CCCCCCCNCCC)c1ncc(CN(N)C(=O)OC(C)(C)C)cn1. The zero-order chi connectivity index (χ0) is 24.5. The minimum absolute atomic E-state index is 0.181. The summed E-state index contributed by atoms with van der Waals surface area (Å²) in [6, 6.07) is 0. The largest absolute Gasteiger partial charge is 0.443 e. The minimum Gasteiger partial charge on any atom is -0.443 e. The number of hydrazine groups is 1. The fourth-order valence-corrected chi connectivity index (χ4v) is 3.17. The van der Waals surface area contributed by atoms with E-state index in [-0.39, 0.29) is 6.54 Å². The van der Waals surface area contributed by atoms with Crippen LogP contribution in [0.25, 0.3) is 0 Å². The molecule has 9 heteroatoms. The number of nitrogens with one attached hydrogen (secondary N) is 2. The Hall–Kier alpha value is -2.39. The van der Waals surface area contributed by atoms with Gasteiger partial charge in [0, 0.05) is 37.6 Å². The maximum atomic E-state index is 12.1. The molecular weight excluding hydrogens is 418 g/mol. The van der Waals surface area contributed by atoms with Gasteiger partial charge < -0.3 is 20.3 Å². The Balaban J connectivity index is 2.52. The number of nitrogens with zero attached hydrogens (tertiary/aromatic N) is 4. The predicted octanol–water partition coefficient (Wildman–Crippen LogP) is 3.58. The molecule has 1 rings (SSSR count). The summed E-state index contributed by atoms with van der Waals surface area (Å²) in [5.41, 5.74) is 0.147. The molecule has 0 radical (unpaired) electrons. The molecule has 1 aromatic heterocycles. The number of aromatic nitrogens is 2. The molecule has 4 N–H and O–H groups in total. The summed E-state index contributed by atoms with van der Waals surface area (Å²) in [4.78, 5) is 23.3. The molecule has 0 saturated heterocycles. The van der Waals surface area contributed by atoms with E-state index in [4.69, 9.17) is 10.6 Å². The highest BCUT2D eigenvalue weighted by Gasteiger charge is 2.20. The van der Waals surface area contributed by atoms with Gasteiger partial charge in [0.1, 0.15) is 5.60 Å². The third-order valence-electron chi connectivity index (χ3n) is 4.83. The molecule has 0 fully saturated rings. The summed E-state index contributed by atoms with van der Waals surface area (Å²) < 4.78 is 5.28. The van der Waals surface area contributed by atoms with Crippen LogP contribution in [-0.2, 0) is 11.3 Å². The number of hydrogen-bond donors (Lipinski definition) is 3. The summed E-state index contributed by atoms with van der Waals surface area (Å²) in [5, 5.41) is 7.62. The second-order valence-electron chi connectivity index (χ2n) is 9.16. The van der Waals surface area contributed by atoms with E-state index >= 15 is 0 Å². The molecule has 1 aromatic rings. The van der Waals surface area contributed by atoms with Gasteiger partial charge in [-0.1, -0.05) is 32.8 Å². The number of rotatable bonds is 17. The normalized spacial score (nSPS) is 11.2. The first-order valence-electron chi connectivity index (χ1n) is 12.1. The first-order valence-corrected chi connectivity index (χ1v) is 12.1. The van der Waals surface area contributed by atoms with Crippen LogP contribution in [-0.4, -0.2) is 59.4 Å². The molecule has 9 nitrogen and oxygen atoms in total. The van der Waals surface area contributed by atoms with Crippen molar-refractivity contribution in [2.75, 3.05) is 37.6 Å². The van der Waals surface area contributed by atoms with Gasteiger partial charge in [-0.15, -0.1) is 0 Å². The molecule has 188 valence electrons. The van der Waals surface area contributed by atoms with Gasteiger partial charge in [-0.25, -0.2) is 25.6 Å². The Bertz CT molecular complexity index is 662. The number of amides is 1. The van der Waals surface area contributed by atoms with Crippen LogP contribution in [0.15, 0.2) is 25.2 Å². The van der Waals surface area contributed by atoms with Crippen LogP contribution in [0.5, 0.6) is 0 Å². The van der Waals surface area contributed by atoms with E-state index in [0.717, 1.165) is 49.7 Å². The highest BCUT2D eigenvalue weighted by atomic mass is 16.6. The quantitative estimate of drug-likeness (QED) is 0.139. The lowest BCUT2D eigenvalue weighted by Gasteiger charge is -2.24. The van der Waals surface area contributed by atoms with Crippen molar-refractivity contribution in [3.05, 3.63) is 30.7 Å². The maximum Gasteiger partial charge on any atom is 0.424 e. The fourth-order valence-electron chi connectivity index (χ4n) is 3.17. The summed E-state index contributed by atoms with van der Waals surface area (Å²) in [5.74, 6) is 6.52. The summed E-state index contributed by atoms with van der Waals surface area (Å²) in [7, 11) is 0. The smallest absolute Gasteiger partial charge is 0.424 e. The third-order valence-corrected chi connectivity index (χ3v) is 4.83. The third kappa shape index (κ3) is 13.7. The zero-order valence-electron chi connectivity index (χ0n) is 21.1. The minimum atomic E-state index is -0.596. The first-order chi connectivity index (χ1) is 15.8. The highest BCUT2D eigenvalue weighted by Crippen LogP contribution is 2.13. The van der Waals surface area contributed by atoms with Gasteiger partial charge in [-0.3, -0.25) is 0 Å². The summed E-state index contributed by atoms with van der Waals surface area (Å²) >= 11 is 0. The lowest BCUT2D eigenvalue weighted by Crippen LogP contribution is -2.41. The molecule has 0 aliphatic carbocycles. The van der Waals surface area contributed by atoms with Crippen molar-refractivity contribution in [1.29, 1.82) is 0 Å². The first kappa shape index (κ1) is 28.6. The van der Waals surface area contributed by atoms with E-state index in [1.807, 2.05) is 0 Å². The Morgan fingerprint density at radius 2 is 1.76 bits per heavy atom. The molecule has 33 heavy (non-hydrogen) atoms. The van der Waals surface area contributed by atoms with E-state index < -0.39 is 11.7 Å². The molecule has 0 unspecified atom stereocenters. The van der Waals surface area contributed by atoms with Crippen LogP contribution < -0.4 is 21.4 Å². The number of unbranched alkanes of at least 4 members (excludes halogenated alkanes) is 4. The summed E-state index contributed by atoms with van der Waals surface area (Å²) in [6.07, 6.45) is 11.7. The molecule has 0 spiro atoms. The predicted molar refractivity (Wildman–Crippen MR) is 135 cm³/mol. The maximum absolute atomic E-state index is 12.1. The van der Waals surface area contributed by atoms with Crippen molar-refractivity contribution in [1.82, 2.24) is 25.6 Å². The lowest BCUT2D eigenvalue weighted by molar-refractivity contribution is 0.0231. The number of nitrogens with two attached hydrogens (primary N) is 1. The summed E-state index contributed by atoms with van der Waals surface area (Å²) in [6.45, 7) is 16.2. The van der Waals surface area contributed by atoms with Crippen LogP contribution in [0.4, 0.5) is 10.7 Å². The highest BCUT2D eigenvalue weighted by molar-refractivity contribution is 5.67. The van der Waals surface area contributed by atoms with Crippen LogP contribution in [0.3, 0.4) is 0 Å². The molecule has 1 amide bonds. The van der Waals surface area contributed by atoms with Gasteiger partial charge in [-0.2, -0.15) is 0 Å². The Labute approximate surface area is 200 Å². The molecule has 1 heterocycles. The lowest BCUT2D eigenvalue weighted by atomic mass is 10.1. The van der Waals surface area contributed by atoms with Gasteiger partial charge in [0.25, 0.3) is 0 Å². The topological polar surface area (TPSA) is 109 Å². The van der Waals surface area contributed by atoms with Crippen molar-refractivity contribution in [2.24, 2.45) is 5.84 Å². The molecule has 0 aromatic carbocycles. The molecule has 0 aliphatic rings. The Kier molecular flexibility index (Phi) is 14.1. The molecule has 0 bridgehead atoms. The molecular formula is C24H45N7O2. The molecule has 0 atom stereocenters. The van der Waals surface area contributed by atoms with E-state index in [1.54, 1.807) is 39.4 Å². The van der Waals surface area contributed by atoms with Gasteiger partial charge in [0.2, 0.25) is 5.95 Å². The van der Waals surface area contributed by atoms with Gasteiger partial charge in [0.15, 0.2) is 0 Å². The average Bonchev–Trinajstić information content (AvgIpc) is 2.76. The van der Waals surface area contributed by atoms with Crippen molar-refractivity contribution >= 4 is 12.0 Å². The van der Waals surface area contributed by atoms with Crippen LogP contribution in [0, 0.1) is 0 Å². The van der Waals surface area contributed by atoms with E-state index in [9.17, 15) is 4.79 Å². The van der Waals surface area contributed by atoms with E-state index in [2.05, 4.69) is 39.0 Å². The zero-order valence-corrected chi connectivity index (χ0v) is 21.1. The number of ether oxygens (including phenoxy) is 1. The van der Waals surface area contributed by atoms with Gasteiger partial charge in [0.05, 0.1) is 6.54 Å². The van der Waals surface area contributed by atoms with Crippen LogP contribution in [0.1, 0.15) is 71.8 Å². The Morgan fingerprint density at radius 3 is 2.39 bits per heavy atom. The van der Waals surface area contributed by atoms with E-state index in [0.29, 0.717) is 5.95 Å². The number of carbonyl (C=O) groups is 1. The van der Waals surface area contributed by atoms with Crippen molar-refractivity contribution in [3.63, 3.8) is 0 Å². The molecule has 0 saturated carbocycles. The average molecular weight is 464 g/mol. The standard InChI is InChI=1S/C24H45N7O2/c1-6-13-27-14-11-9-8-10-12-16-30(17-15-26-7-2)22-28-18-21(19-29-22)20-31(25)23(32)33-24(3,4)5/h7,18-19,26-27H,2,6,8-17,20,25H2,1,3-5H3. The van der Waals surface area contributed by atoms with Crippen LogP contribution >= 0.6 is 0 Å². The number of hydrogen-bond acceptors (Lipinski definition) is 8. The second-order valence-corrected chi connectivity index (χ2v) is 9.16. The molecule has 0 aliphatic heterocycles. The monoisotopic (exact) mass is 463 g/mol. The van der Waals surface area contributed by atoms with Crippen molar-refractivity contribution < 1.29 is 9.53 Å². The van der Waals surface area contributed by atoms with Crippen molar-refractivity contribution in [3.8, 4) is 0 Å². The number of carbonyl (C=O) groups excluding carboxylic acids is 1. The van der Waals surface area contributed by atoms with E-state index in [1.165, 1.54) is 32.1 Å². The van der Waals surface area contributed by atoms with Gasteiger partial charge >= 0.3 is 6.09 Å².